The van der Waals surface area contributed by atoms with Crippen molar-refractivity contribution in [2.75, 3.05) is 6.61 Å². The van der Waals surface area contributed by atoms with E-state index in [9.17, 15) is 49.1 Å². The Hall–Kier alpha value is -3.81. The van der Waals surface area contributed by atoms with Gasteiger partial charge >= 0.3 is 36.1 Å². The lowest BCUT2D eigenvalue weighted by molar-refractivity contribution is -0.446. The molecule has 4 aromatic rings. The molecule has 206 valence electrons. The van der Waals surface area contributed by atoms with Crippen LogP contribution in [0.25, 0.3) is 25.1 Å². The third-order valence-corrected chi connectivity index (χ3v) is 7.95. The van der Waals surface area contributed by atoms with Crippen LogP contribution in [0, 0.1) is 0 Å². The van der Waals surface area contributed by atoms with E-state index in [4.69, 9.17) is 0 Å². The molecule has 0 bridgehead atoms. The molecule has 0 aliphatic rings. The first kappa shape index (κ1) is 28.2. The van der Waals surface area contributed by atoms with Gasteiger partial charge < -0.3 is 9.47 Å². The molecule has 14 heteroatoms. The molecule has 3 aromatic carbocycles. The largest absolute Gasteiger partial charge is 0.450 e. The zero-order valence-corrected chi connectivity index (χ0v) is 19.9. The summed E-state index contributed by atoms with van der Waals surface area (Å²) in [6.07, 6.45) is -21.3. The van der Waals surface area contributed by atoms with Crippen LogP contribution in [-0.4, -0.2) is 42.7 Å². The van der Waals surface area contributed by atoms with Crippen LogP contribution >= 0.6 is 10.5 Å². The average molecular weight is 581 g/mol. The molecule has 0 fully saturated rings. The first-order valence-electron chi connectivity index (χ1n) is 10.7. The van der Waals surface area contributed by atoms with Gasteiger partial charge in [-0.05, 0) is 48.5 Å². The molecule has 0 spiro atoms. The van der Waals surface area contributed by atoms with E-state index in [1.165, 1.54) is 12.1 Å². The molecule has 0 radical (unpaired) electrons. The van der Waals surface area contributed by atoms with Gasteiger partial charge in [-0.1, -0.05) is 24.3 Å². The first-order chi connectivity index (χ1) is 18.1. The van der Waals surface area contributed by atoms with Crippen molar-refractivity contribution in [3.63, 3.8) is 0 Å². The molecule has 0 unspecified atom stereocenters. The molecule has 1 aromatic heterocycles. The third kappa shape index (κ3) is 4.88. The molecule has 0 saturated heterocycles. The molecule has 39 heavy (non-hydrogen) atoms. The van der Waals surface area contributed by atoms with Crippen molar-refractivity contribution in [1.82, 2.24) is 0 Å². The number of rotatable bonds is 5. The van der Waals surface area contributed by atoms with Gasteiger partial charge in [0.05, 0.1) is 5.56 Å². The highest BCUT2D eigenvalue weighted by molar-refractivity contribution is 7.50. The zero-order valence-electron chi connectivity index (χ0n) is 19.1. The van der Waals surface area contributed by atoms with E-state index in [0.717, 1.165) is 25.1 Å². The number of fused-ring (bicyclic) bond motifs is 3. The Morgan fingerprint density at radius 3 is 1.51 bits per heavy atom. The molecule has 0 amide bonds. The summed E-state index contributed by atoms with van der Waals surface area (Å²) in [7, 11) is -0.556. The minimum absolute atomic E-state index is 0.260. The van der Waals surface area contributed by atoms with E-state index in [0.29, 0.717) is 0 Å². The Morgan fingerprint density at radius 2 is 1.08 bits per heavy atom. The minimum Gasteiger partial charge on any atom is -0.450 e. The lowest BCUT2D eigenvalue weighted by atomic mass is 10.0. The lowest BCUT2D eigenvalue weighted by Gasteiger charge is -2.37. The van der Waals surface area contributed by atoms with Crippen LogP contribution < -0.4 is 0 Å². The fourth-order valence-corrected chi connectivity index (χ4v) is 6.28. The van der Waals surface area contributed by atoms with Gasteiger partial charge in [0, 0.05) is 21.2 Å². The van der Waals surface area contributed by atoms with Crippen LogP contribution in [0.3, 0.4) is 0 Å². The average Bonchev–Trinajstić information content (AvgIpc) is 3.18. The van der Waals surface area contributed by atoms with Crippen molar-refractivity contribution in [3.8, 4) is 4.90 Å². The van der Waals surface area contributed by atoms with Gasteiger partial charge in [0.2, 0.25) is 0 Å². The maximum atomic E-state index is 12.9. The normalized spacial score (nSPS) is 13.1. The van der Waals surface area contributed by atoms with E-state index in [2.05, 4.69) is 9.47 Å². The monoisotopic (exact) mass is 581 g/mol. The van der Waals surface area contributed by atoms with Crippen molar-refractivity contribution >= 4 is 42.6 Å². The number of esters is 2. The number of carbonyl (C=O) groups is 2. The SMILES string of the molecule is O=C(COC(=O)c1ccc(-[s+]2c3ccccc3c3ccccc32)cc1)OC(C(F)(F)F)(C(F)(F)F)C(F)(F)F. The summed E-state index contributed by atoms with van der Waals surface area (Å²) < 4.78 is 126. The van der Waals surface area contributed by atoms with Crippen molar-refractivity contribution in [1.29, 1.82) is 0 Å². The standard InChI is InChI=1S/C25H14F9O4S/c26-23(27,28)22(24(29,30)31,25(32,33)34)38-20(35)13-37-21(36)14-9-11-15(12-10-14)39-18-7-3-1-5-16(18)17-6-2-4-8-19(17)39/h1-12H,13H2/q+1. The van der Waals surface area contributed by atoms with Crippen molar-refractivity contribution < 1.29 is 58.6 Å². The van der Waals surface area contributed by atoms with E-state index in [-0.39, 0.29) is 5.56 Å². The Kier molecular flexibility index (Phi) is 7.04. The van der Waals surface area contributed by atoms with Crippen LogP contribution in [-0.2, 0) is 14.3 Å². The van der Waals surface area contributed by atoms with E-state index in [1.807, 2.05) is 48.5 Å². The maximum absolute atomic E-state index is 12.9. The molecule has 0 aliphatic carbocycles. The predicted molar refractivity (Wildman–Crippen MR) is 123 cm³/mol. The summed E-state index contributed by atoms with van der Waals surface area (Å²) in [5.74, 6) is -4.08. The molecular formula is C25H14F9O4S+. The highest BCUT2D eigenvalue weighted by atomic mass is 32.2. The Balaban J connectivity index is 1.53. The molecule has 0 saturated carbocycles. The van der Waals surface area contributed by atoms with Crippen LogP contribution in [0.5, 0.6) is 0 Å². The number of thiophene rings is 1. The van der Waals surface area contributed by atoms with Gasteiger partial charge in [0.15, 0.2) is 20.9 Å². The summed E-state index contributed by atoms with van der Waals surface area (Å²) in [6.45, 7) is -1.93. The van der Waals surface area contributed by atoms with Crippen LogP contribution in [0.15, 0.2) is 72.8 Å². The highest BCUT2D eigenvalue weighted by Gasteiger charge is 2.87. The van der Waals surface area contributed by atoms with Gasteiger partial charge in [0.1, 0.15) is 0 Å². The number of alkyl halides is 9. The third-order valence-electron chi connectivity index (χ3n) is 5.62. The smallest absolute Gasteiger partial charge is 0.447 e. The number of carbonyl (C=O) groups excluding carboxylic acids is 2. The number of hydrogen-bond acceptors (Lipinski definition) is 4. The Morgan fingerprint density at radius 1 is 0.641 bits per heavy atom. The Bertz CT molecular complexity index is 1440. The number of halogens is 9. The fourth-order valence-electron chi connectivity index (χ4n) is 3.90. The zero-order chi connectivity index (χ0) is 28.8. The van der Waals surface area contributed by atoms with Gasteiger partial charge in [-0.25, -0.2) is 9.59 Å². The summed E-state index contributed by atoms with van der Waals surface area (Å²) in [5.41, 5.74) is -7.06. The Labute approximate surface area is 215 Å². The summed E-state index contributed by atoms with van der Waals surface area (Å²) >= 11 is 0. The van der Waals surface area contributed by atoms with Crippen molar-refractivity contribution in [2.45, 2.75) is 24.1 Å². The van der Waals surface area contributed by atoms with Gasteiger partial charge in [-0.2, -0.15) is 39.5 Å². The quantitative estimate of drug-likeness (QED) is 0.137. The second kappa shape index (κ2) is 9.74. The fraction of sp³-hybridized carbons (Fsp3) is 0.200. The molecule has 4 rings (SSSR count). The molecule has 0 atom stereocenters. The van der Waals surface area contributed by atoms with E-state index >= 15 is 0 Å². The van der Waals surface area contributed by atoms with E-state index < -0.39 is 53.1 Å². The molecular weight excluding hydrogens is 567 g/mol. The van der Waals surface area contributed by atoms with Crippen molar-refractivity contribution in [2.24, 2.45) is 0 Å². The first-order valence-corrected chi connectivity index (χ1v) is 11.9. The van der Waals surface area contributed by atoms with Gasteiger partial charge in [-0.3, -0.25) is 0 Å². The summed E-state index contributed by atoms with van der Waals surface area (Å²) in [5, 5.41) is 2.04. The number of benzene rings is 3. The molecule has 0 N–H and O–H groups in total. The van der Waals surface area contributed by atoms with E-state index in [1.54, 1.807) is 12.1 Å². The van der Waals surface area contributed by atoms with Crippen LogP contribution in [0.4, 0.5) is 39.5 Å². The second-order valence-corrected chi connectivity index (χ2v) is 10.0. The highest BCUT2D eigenvalue weighted by Crippen LogP contribution is 2.55. The maximum Gasteiger partial charge on any atom is 0.447 e. The van der Waals surface area contributed by atoms with Crippen molar-refractivity contribution in [3.05, 3.63) is 78.4 Å². The number of hydrogen-bond donors (Lipinski definition) is 0. The summed E-state index contributed by atoms with van der Waals surface area (Å²) in [6, 6.07) is 20.8. The lowest BCUT2D eigenvalue weighted by Crippen LogP contribution is -2.68. The molecule has 4 nitrogen and oxygen atoms in total. The number of ether oxygens (including phenoxy) is 2. The second-order valence-electron chi connectivity index (χ2n) is 8.05. The summed E-state index contributed by atoms with van der Waals surface area (Å²) in [4.78, 5) is 24.6. The molecule has 0 aliphatic heterocycles. The predicted octanol–water partition coefficient (Wildman–Crippen LogP) is 7.86. The molecule has 1 heterocycles. The van der Waals surface area contributed by atoms with Gasteiger partial charge in [0.25, 0.3) is 0 Å². The van der Waals surface area contributed by atoms with Gasteiger partial charge in [-0.15, -0.1) is 0 Å². The van der Waals surface area contributed by atoms with Crippen LogP contribution in [0.1, 0.15) is 10.4 Å². The van der Waals surface area contributed by atoms with Crippen LogP contribution in [0.2, 0.25) is 0 Å². The minimum atomic E-state index is -7.10. The topological polar surface area (TPSA) is 52.6 Å².